The molecule has 1 heterocycles. The number of rotatable bonds is 3. The molecule has 1 unspecified atom stereocenters. The van der Waals surface area contributed by atoms with Crippen molar-refractivity contribution >= 4 is 27.3 Å². The standard InChI is InChI=1S/C14H16BrNS/c1-9-4-5-12(6-10(9)2)7-13(15)14-8-16-11(3)17-14/h4-6,8,13H,7H2,1-3H3. The van der Waals surface area contributed by atoms with E-state index in [1.165, 1.54) is 21.6 Å². The van der Waals surface area contributed by atoms with E-state index in [1.807, 2.05) is 13.1 Å². The van der Waals surface area contributed by atoms with Gasteiger partial charge in [-0.2, -0.15) is 0 Å². The van der Waals surface area contributed by atoms with Crippen LogP contribution in [0.25, 0.3) is 0 Å². The molecule has 1 aromatic heterocycles. The number of alkyl halides is 1. The monoisotopic (exact) mass is 309 g/mol. The summed E-state index contributed by atoms with van der Waals surface area (Å²) in [6, 6.07) is 6.68. The van der Waals surface area contributed by atoms with Crippen molar-refractivity contribution in [2.75, 3.05) is 0 Å². The van der Waals surface area contributed by atoms with Crippen LogP contribution >= 0.6 is 27.3 Å². The van der Waals surface area contributed by atoms with Gasteiger partial charge in [0.2, 0.25) is 0 Å². The lowest BCUT2D eigenvalue weighted by Crippen LogP contribution is -1.94. The quantitative estimate of drug-likeness (QED) is 0.746. The van der Waals surface area contributed by atoms with Gasteiger partial charge >= 0.3 is 0 Å². The normalized spacial score (nSPS) is 12.7. The minimum absolute atomic E-state index is 0.371. The van der Waals surface area contributed by atoms with Crippen LogP contribution in [0.4, 0.5) is 0 Å². The Morgan fingerprint density at radius 1 is 1.24 bits per heavy atom. The molecular weight excluding hydrogens is 294 g/mol. The summed E-state index contributed by atoms with van der Waals surface area (Å²) in [5.74, 6) is 0. The minimum atomic E-state index is 0.371. The first-order chi connectivity index (χ1) is 8.06. The molecule has 0 radical (unpaired) electrons. The van der Waals surface area contributed by atoms with Gasteiger partial charge in [-0.1, -0.05) is 34.1 Å². The average molecular weight is 310 g/mol. The van der Waals surface area contributed by atoms with E-state index in [1.54, 1.807) is 11.3 Å². The Balaban J connectivity index is 2.12. The van der Waals surface area contributed by atoms with Gasteiger partial charge in [0.05, 0.1) is 9.83 Å². The number of aryl methyl sites for hydroxylation is 3. The molecule has 0 aliphatic rings. The molecule has 2 rings (SSSR count). The molecule has 1 aromatic carbocycles. The fraction of sp³-hybridized carbons (Fsp3) is 0.357. The zero-order valence-electron chi connectivity index (χ0n) is 10.3. The maximum atomic E-state index is 4.30. The van der Waals surface area contributed by atoms with E-state index < -0.39 is 0 Å². The zero-order valence-corrected chi connectivity index (χ0v) is 12.7. The Labute approximate surface area is 115 Å². The molecule has 0 saturated carbocycles. The van der Waals surface area contributed by atoms with Crippen LogP contribution in [0, 0.1) is 20.8 Å². The number of aromatic nitrogens is 1. The Bertz CT molecular complexity index is 519. The lowest BCUT2D eigenvalue weighted by atomic mass is 10.0. The zero-order chi connectivity index (χ0) is 12.4. The van der Waals surface area contributed by atoms with Crippen LogP contribution in [0.15, 0.2) is 24.4 Å². The first-order valence-corrected chi connectivity index (χ1v) is 7.42. The van der Waals surface area contributed by atoms with Gasteiger partial charge < -0.3 is 0 Å². The number of halogens is 1. The predicted octanol–water partition coefficient (Wildman–Crippen LogP) is 4.75. The predicted molar refractivity (Wildman–Crippen MR) is 78.1 cm³/mol. The van der Waals surface area contributed by atoms with E-state index in [9.17, 15) is 0 Å². The van der Waals surface area contributed by atoms with Crippen LogP contribution in [-0.2, 0) is 6.42 Å². The molecule has 0 saturated heterocycles. The van der Waals surface area contributed by atoms with Crippen LogP contribution in [0.3, 0.4) is 0 Å². The van der Waals surface area contributed by atoms with Crippen LogP contribution < -0.4 is 0 Å². The molecule has 17 heavy (non-hydrogen) atoms. The van der Waals surface area contributed by atoms with Crippen LogP contribution in [-0.4, -0.2) is 4.98 Å². The van der Waals surface area contributed by atoms with Gasteiger partial charge in [-0.25, -0.2) is 4.98 Å². The van der Waals surface area contributed by atoms with Crippen LogP contribution in [0.1, 0.15) is 31.4 Å². The van der Waals surface area contributed by atoms with Crippen LogP contribution in [0.5, 0.6) is 0 Å². The van der Waals surface area contributed by atoms with E-state index in [0.29, 0.717) is 4.83 Å². The van der Waals surface area contributed by atoms with Crippen molar-refractivity contribution in [1.29, 1.82) is 0 Å². The fourth-order valence-electron chi connectivity index (χ4n) is 1.76. The molecule has 0 fully saturated rings. The number of thiazole rings is 1. The van der Waals surface area contributed by atoms with Gasteiger partial charge in [0.15, 0.2) is 0 Å². The van der Waals surface area contributed by atoms with Crippen molar-refractivity contribution in [2.45, 2.75) is 32.0 Å². The highest BCUT2D eigenvalue weighted by molar-refractivity contribution is 9.09. The van der Waals surface area contributed by atoms with Gasteiger partial charge in [0, 0.05) is 11.1 Å². The van der Waals surface area contributed by atoms with E-state index in [2.05, 4.69) is 53.0 Å². The van der Waals surface area contributed by atoms with Crippen molar-refractivity contribution in [3.8, 4) is 0 Å². The molecule has 0 bridgehead atoms. The fourth-order valence-corrected chi connectivity index (χ4v) is 3.30. The summed E-state index contributed by atoms with van der Waals surface area (Å²) in [6.07, 6.45) is 2.99. The largest absolute Gasteiger partial charge is 0.250 e. The highest BCUT2D eigenvalue weighted by Gasteiger charge is 2.11. The third-order valence-electron chi connectivity index (χ3n) is 2.93. The summed E-state index contributed by atoms with van der Waals surface area (Å²) in [7, 11) is 0. The van der Waals surface area contributed by atoms with Gasteiger partial charge in [-0.05, 0) is 43.9 Å². The summed E-state index contributed by atoms with van der Waals surface area (Å²) in [5.41, 5.74) is 4.09. The van der Waals surface area contributed by atoms with E-state index in [4.69, 9.17) is 0 Å². The Morgan fingerprint density at radius 2 is 2.00 bits per heavy atom. The molecule has 1 atom stereocenters. The first-order valence-electron chi connectivity index (χ1n) is 5.69. The summed E-state index contributed by atoms with van der Waals surface area (Å²) in [6.45, 7) is 6.36. The van der Waals surface area contributed by atoms with Crippen molar-refractivity contribution in [3.63, 3.8) is 0 Å². The van der Waals surface area contributed by atoms with Crippen molar-refractivity contribution < 1.29 is 0 Å². The van der Waals surface area contributed by atoms with Crippen molar-refractivity contribution in [2.24, 2.45) is 0 Å². The molecule has 0 N–H and O–H groups in total. The maximum Gasteiger partial charge on any atom is 0.0897 e. The molecule has 90 valence electrons. The molecule has 0 aliphatic carbocycles. The third-order valence-corrected chi connectivity index (χ3v) is 5.08. The Morgan fingerprint density at radius 3 is 2.59 bits per heavy atom. The molecule has 2 aromatic rings. The number of benzene rings is 1. The molecule has 0 aliphatic heterocycles. The number of nitrogens with zero attached hydrogens (tertiary/aromatic N) is 1. The second-order valence-corrected chi connectivity index (χ2v) is 6.74. The smallest absolute Gasteiger partial charge is 0.0897 e. The summed E-state index contributed by atoms with van der Waals surface area (Å²) >= 11 is 5.51. The van der Waals surface area contributed by atoms with Crippen LogP contribution in [0.2, 0.25) is 0 Å². The number of hydrogen-bond acceptors (Lipinski definition) is 2. The van der Waals surface area contributed by atoms with E-state index >= 15 is 0 Å². The van der Waals surface area contributed by atoms with E-state index in [-0.39, 0.29) is 0 Å². The average Bonchev–Trinajstić information content (AvgIpc) is 2.70. The lowest BCUT2D eigenvalue weighted by molar-refractivity contribution is 0.961. The molecule has 0 amide bonds. The Kier molecular flexibility index (Phi) is 4.00. The highest BCUT2D eigenvalue weighted by Crippen LogP contribution is 2.31. The van der Waals surface area contributed by atoms with Gasteiger partial charge in [-0.15, -0.1) is 11.3 Å². The Hall–Kier alpha value is -0.670. The van der Waals surface area contributed by atoms with Crippen molar-refractivity contribution in [3.05, 3.63) is 51.0 Å². The minimum Gasteiger partial charge on any atom is -0.250 e. The summed E-state index contributed by atoms with van der Waals surface area (Å²) in [4.78, 5) is 5.98. The molecule has 3 heteroatoms. The SMILES string of the molecule is Cc1ncc(C(Br)Cc2ccc(C)c(C)c2)s1. The second-order valence-electron chi connectivity index (χ2n) is 4.37. The van der Waals surface area contributed by atoms with Crippen molar-refractivity contribution in [1.82, 2.24) is 4.98 Å². The lowest BCUT2D eigenvalue weighted by Gasteiger charge is -2.09. The van der Waals surface area contributed by atoms with Gasteiger partial charge in [0.1, 0.15) is 0 Å². The molecular formula is C14H16BrNS. The third kappa shape index (κ3) is 3.17. The highest BCUT2D eigenvalue weighted by atomic mass is 79.9. The van der Waals surface area contributed by atoms with E-state index in [0.717, 1.165) is 11.4 Å². The topological polar surface area (TPSA) is 12.9 Å². The molecule has 0 spiro atoms. The number of hydrogen-bond donors (Lipinski definition) is 0. The maximum absolute atomic E-state index is 4.30. The summed E-state index contributed by atoms with van der Waals surface area (Å²) < 4.78 is 0. The first kappa shape index (κ1) is 12.8. The summed E-state index contributed by atoms with van der Waals surface area (Å²) in [5, 5.41) is 1.13. The van der Waals surface area contributed by atoms with Gasteiger partial charge in [0.25, 0.3) is 0 Å². The molecule has 1 nitrogen and oxygen atoms in total. The van der Waals surface area contributed by atoms with Gasteiger partial charge in [-0.3, -0.25) is 0 Å². The second kappa shape index (κ2) is 5.32.